The van der Waals surface area contributed by atoms with Crippen molar-refractivity contribution in [2.75, 3.05) is 9.80 Å². The van der Waals surface area contributed by atoms with Crippen molar-refractivity contribution in [2.45, 2.75) is 0 Å². The summed E-state index contributed by atoms with van der Waals surface area (Å²) in [5.74, 6) is 0.640. The SMILES string of the molecule is c1ccc(-c2ccc3oc4c(-n5c6ccc(N(c7ccccc7)c7ccccc7)cc6c6cc(N(c7ccccc7)c7ccccc7)ccc65)nncc4c3c2)cc1. The Labute approximate surface area is 335 Å². The number of hydrogen-bond donors (Lipinski definition) is 0. The van der Waals surface area contributed by atoms with E-state index in [4.69, 9.17) is 9.52 Å². The first-order valence-electron chi connectivity index (χ1n) is 19.4. The summed E-state index contributed by atoms with van der Waals surface area (Å²) in [6, 6.07) is 72.2. The Kier molecular flexibility index (Phi) is 8.04. The second-order valence-corrected chi connectivity index (χ2v) is 14.3. The normalized spacial score (nSPS) is 11.4. The Balaban J connectivity index is 1.17. The van der Waals surface area contributed by atoms with Gasteiger partial charge in [-0.25, -0.2) is 0 Å². The van der Waals surface area contributed by atoms with Crippen LogP contribution >= 0.6 is 0 Å². The first-order valence-corrected chi connectivity index (χ1v) is 19.4. The molecule has 0 amide bonds. The van der Waals surface area contributed by atoms with Crippen molar-refractivity contribution < 1.29 is 4.42 Å². The molecule has 58 heavy (non-hydrogen) atoms. The molecule has 274 valence electrons. The lowest BCUT2D eigenvalue weighted by Gasteiger charge is -2.26. The number of benzene rings is 8. The van der Waals surface area contributed by atoms with Crippen LogP contribution in [-0.2, 0) is 0 Å². The highest BCUT2D eigenvalue weighted by molar-refractivity contribution is 6.14. The maximum atomic E-state index is 6.71. The van der Waals surface area contributed by atoms with E-state index in [-0.39, 0.29) is 0 Å². The van der Waals surface area contributed by atoms with Gasteiger partial charge in [0, 0.05) is 50.3 Å². The number of rotatable bonds is 8. The zero-order valence-electron chi connectivity index (χ0n) is 31.4. The fraction of sp³-hybridized carbons (Fsp3) is 0. The van der Waals surface area contributed by atoms with Crippen LogP contribution in [0.15, 0.2) is 217 Å². The van der Waals surface area contributed by atoms with Crippen molar-refractivity contribution in [3.63, 3.8) is 0 Å². The summed E-state index contributed by atoms with van der Waals surface area (Å²) in [6.45, 7) is 0. The Morgan fingerprint density at radius 3 is 1.33 bits per heavy atom. The van der Waals surface area contributed by atoms with E-state index in [2.05, 4.69) is 220 Å². The number of anilines is 6. The minimum Gasteiger partial charge on any atom is -0.452 e. The molecule has 0 aliphatic heterocycles. The molecule has 6 heteroatoms. The predicted molar refractivity (Wildman–Crippen MR) is 238 cm³/mol. The summed E-state index contributed by atoms with van der Waals surface area (Å²) in [4.78, 5) is 4.60. The molecule has 0 spiro atoms. The van der Waals surface area contributed by atoms with Crippen LogP contribution in [0.5, 0.6) is 0 Å². The van der Waals surface area contributed by atoms with Crippen molar-refractivity contribution in [1.82, 2.24) is 14.8 Å². The van der Waals surface area contributed by atoms with Crippen LogP contribution in [0.3, 0.4) is 0 Å². The van der Waals surface area contributed by atoms with Gasteiger partial charge in [0.15, 0.2) is 5.58 Å². The lowest BCUT2D eigenvalue weighted by atomic mass is 10.0. The number of nitrogens with zero attached hydrogens (tertiary/aromatic N) is 5. The smallest absolute Gasteiger partial charge is 0.204 e. The predicted octanol–water partition coefficient (Wildman–Crippen LogP) is 14.1. The molecule has 0 aliphatic rings. The Hall–Kier alpha value is -7.96. The average Bonchev–Trinajstić information content (AvgIpc) is 3.83. The van der Waals surface area contributed by atoms with E-state index >= 15 is 0 Å². The zero-order chi connectivity index (χ0) is 38.4. The van der Waals surface area contributed by atoms with E-state index in [9.17, 15) is 0 Å². The monoisotopic (exact) mass is 745 g/mol. The molecule has 3 aromatic heterocycles. The molecular formula is C52H35N5O. The van der Waals surface area contributed by atoms with Gasteiger partial charge in [-0.05, 0) is 108 Å². The van der Waals surface area contributed by atoms with Gasteiger partial charge in [-0.2, -0.15) is 5.10 Å². The van der Waals surface area contributed by atoms with Crippen LogP contribution in [0.2, 0.25) is 0 Å². The van der Waals surface area contributed by atoms with Crippen molar-refractivity contribution in [2.24, 2.45) is 0 Å². The molecule has 0 saturated carbocycles. The van der Waals surface area contributed by atoms with Crippen LogP contribution in [0, 0.1) is 0 Å². The zero-order valence-corrected chi connectivity index (χ0v) is 31.4. The highest BCUT2D eigenvalue weighted by atomic mass is 16.3. The van der Waals surface area contributed by atoms with Gasteiger partial charge in [-0.3, -0.25) is 4.57 Å². The summed E-state index contributed by atoms with van der Waals surface area (Å²) < 4.78 is 8.92. The van der Waals surface area contributed by atoms with Gasteiger partial charge in [0.05, 0.1) is 22.6 Å². The standard InChI is InChI=1S/C52H35N5O/c1-6-16-36(17-7-1)37-26-31-50-46(32-37)47-35-53-54-52(51(47)58-50)57-48-29-27-42(55(38-18-8-2-9-19-38)39-20-10-3-11-21-39)33-44(48)45-34-43(28-30-49(45)57)56(40-22-12-4-13-23-40)41-24-14-5-15-25-41/h1-35H. The van der Waals surface area contributed by atoms with E-state index in [0.717, 1.165) is 83.4 Å². The second kappa shape index (κ2) is 14.0. The Morgan fingerprint density at radius 1 is 0.379 bits per heavy atom. The lowest BCUT2D eigenvalue weighted by Crippen LogP contribution is -2.09. The van der Waals surface area contributed by atoms with Gasteiger partial charge < -0.3 is 14.2 Å². The maximum absolute atomic E-state index is 6.71. The maximum Gasteiger partial charge on any atom is 0.204 e. The van der Waals surface area contributed by atoms with Crippen LogP contribution in [0.25, 0.3) is 60.7 Å². The molecule has 0 saturated heterocycles. The van der Waals surface area contributed by atoms with Gasteiger partial charge in [0.25, 0.3) is 0 Å². The third-order valence-electron chi connectivity index (χ3n) is 10.9. The summed E-state index contributed by atoms with van der Waals surface area (Å²) in [6.07, 6.45) is 1.82. The Bertz CT molecular complexity index is 3000. The number of furan rings is 1. The first kappa shape index (κ1) is 33.4. The molecule has 3 heterocycles. The van der Waals surface area contributed by atoms with E-state index in [1.165, 1.54) is 0 Å². The molecule has 0 N–H and O–H groups in total. The molecule has 8 aromatic carbocycles. The van der Waals surface area contributed by atoms with Crippen molar-refractivity contribution >= 4 is 77.9 Å². The minimum absolute atomic E-state index is 0.640. The highest BCUT2D eigenvalue weighted by Gasteiger charge is 2.23. The molecule has 0 bridgehead atoms. The van der Waals surface area contributed by atoms with Gasteiger partial charge >= 0.3 is 0 Å². The van der Waals surface area contributed by atoms with Crippen molar-refractivity contribution in [3.8, 4) is 16.9 Å². The van der Waals surface area contributed by atoms with Crippen molar-refractivity contribution in [1.29, 1.82) is 0 Å². The number of para-hydroxylation sites is 4. The van der Waals surface area contributed by atoms with Crippen LogP contribution < -0.4 is 9.80 Å². The quantitative estimate of drug-likeness (QED) is 0.155. The fourth-order valence-electron chi connectivity index (χ4n) is 8.26. The van der Waals surface area contributed by atoms with Gasteiger partial charge in [-0.1, -0.05) is 109 Å². The van der Waals surface area contributed by atoms with Crippen LogP contribution in [-0.4, -0.2) is 14.8 Å². The number of aromatic nitrogens is 3. The Morgan fingerprint density at radius 2 is 0.845 bits per heavy atom. The van der Waals surface area contributed by atoms with Crippen LogP contribution in [0.1, 0.15) is 0 Å². The second-order valence-electron chi connectivity index (χ2n) is 14.3. The summed E-state index contributed by atoms with van der Waals surface area (Å²) in [5.41, 5.74) is 12.1. The van der Waals surface area contributed by atoms with Crippen molar-refractivity contribution in [3.05, 3.63) is 212 Å². The summed E-state index contributed by atoms with van der Waals surface area (Å²) in [7, 11) is 0. The third kappa shape index (κ3) is 5.66. The van der Waals surface area contributed by atoms with E-state index in [1.807, 2.05) is 12.3 Å². The van der Waals surface area contributed by atoms with E-state index in [1.54, 1.807) is 0 Å². The molecular weight excluding hydrogens is 711 g/mol. The number of hydrogen-bond acceptors (Lipinski definition) is 5. The molecule has 0 aliphatic carbocycles. The molecule has 0 unspecified atom stereocenters. The van der Waals surface area contributed by atoms with Gasteiger partial charge in [0.1, 0.15) is 5.58 Å². The van der Waals surface area contributed by atoms with E-state index in [0.29, 0.717) is 11.4 Å². The minimum atomic E-state index is 0.640. The molecule has 0 atom stereocenters. The molecule has 11 aromatic rings. The summed E-state index contributed by atoms with van der Waals surface area (Å²) in [5, 5.41) is 13.5. The lowest BCUT2D eigenvalue weighted by molar-refractivity contribution is 0.661. The van der Waals surface area contributed by atoms with Gasteiger partial charge in [-0.15, -0.1) is 5.10 Å². The number of fused-ring (bicyclic) bond motifs is 6. The fourth-order valence-corrected chi connectivity index (χ4v) is 8.26. The highest BCUT2D eigenvalue weighted by Crippen LogP contribution is 2.44. The molecule has 11 rings (SSSR count). The van der Waals surface area contributed by atoms with Gasteiger partial charge in [0.2, 0.25) is 5.82 Å². The van der Waals surface area contributed by atoms with Crippen LogP contribution in [0.4, 0.5) is 34.1 Å². The molecule has 0 radical (unpaired) electrons. The molecule has 6 nitrogen and oxygen atoms in total. The average molecular weight is 746 g/mol. The summed E-state index contributed by atoms with van der Waals surface area (Å²) >= 11 is 0. The topological polar surface area (TPSA) is 50.3 Å². The molecule has 0 fully saturated rings. The third-order valence-corrected chi connectivity index (χ3v) is 10.9. The van der Waals surface area contributed by atoms with E-state index < -0.39 is 0 Å². The first-order chi connectivity index (χ1) is 28.8. The largest absolute Gasteiger partial charge is 0.452 e.